The fourth-order valence-corrected chi connectivity index (χ4v) is 2.96. The summed E-state index contributed by atoms with van der Waals surface area (Å²) < 4.78 is 26.5. The molecule has 0 aromatic heterocycles. The zero-order valence-corrected chi connectivity index (χ0v) is 15.3. The lowest BCUT2D eigenvalue weighted by molar-refractivity contribution is -0.132. The molecule has 0 atom stereocenters. The number of hydrogen-bond acceptors (Lipinski definition) is 4. The van der Waals surface area contributed by atoms with Crippen LogP contribution in [0.15, 0.2) is 18.2 Å². The molecule has 0 unspecified atom stereocenters. The summed E-state index contributed by atoms with van der Waals surface area (Å²) in [6.07, 6.45) is 0. The van der Waals surface area contributed by atoms with Gasteiger partial charge in [0, 0.05) is 45.3 Å². The number of carbonyl (C=O) groups excluding carboxylic acids is 2. The smallest absolute Gasteiger partial charge is 0.238 e. The average Bonchev–Trinajstić information content (AvgIpc) is 2.60. The summed E-state index contributed by atoms with van der Waals surface area (Å²) in [4.78, 5) is 30.0. The maximum atomic E-state index is 13.6. The molecule has 0 radical (unpaired) electrons. The van der Waals surface area contributed by atoms with Gasteiger partial charge in [0.1, 0.15) is 11.6 Å². The zero-order chi connectivity index (χ0) is 19.1. The van der Waals surface area contributed by atoms with Gasteiger partial charge >= 0.3 is 0 Å². The van der Waals surface area contributed by atoms with Gasteiger partial charge < -0.3 is 10.2 Å². The molecule has 2 rings (SSSR count). The summed E-state index contributed by atoms with van der Waals surface area (Å²) in [6, 6.07) is 3.05. The lowest BCUT2D eigenvalue weighted by Crippen LogP contribution is -2.51. The van der Waals surface area contributed by atoms with Crippen LogP contribution in [0.2, 0.25) is 0 Å². The Balaban J connectivity index is 1.76. The monoisotopic (exact) mass is 368 g/mol. The Bertz CT molecular complexity index is 630. The quantitative estimate of drug-likeness (QED) is 0.790. The lowest BCUT2D eigenvalue weighted by Gasteiger charge is -2.34. The van der Waals surface area contributed by atoms with E-state index in [2.05, 4.69) is 10.2 Å². The summed E-state index contributed by atoms with van der Waals surface area (Å²) >= 11 is 0. The van der Waals surface area contributed by atoms with E-state index in [1.165, 1.54) is 6.07 Å². The van der Waals surface area contributed by atoms with Crippen molar-refractivity contribution in [2.24, 2.45) is 0 Å². The van der Waals surface area contributed by atoms with Crippen molar-refractivity contribution >= 4 is 17.5 Å². The lowest BCUT2D eigenvalue weighted by atomic mass is 10.2. The summed E-state index contributed by atoms with van der Waals surface area (Å²) in [7, 11) is 0. The number of rotatable bonds is 7. The van der Waals surface area contributed by atoms with Crippen molar-refractivity contribution in [1.82, 2.24) is 14.7 Å². The van der Waals surface area contributed by atoms with Crippen molar-refractivity contribution in [2.45, 2.75) is 13.8 Å². The zero-order valence-electron chi connectivity index (χ0n) is 15.3. The van der Waals surface area contributed by atoms with E-state index < -0.39 is 11.6 Å². The minimum atomic E-state index is -0.793. The second-order valence-electron chi connectivity index (χ2n) is 6.29. The third kappa shape index (κ3) is 5.74. The first-order chi connectivity index (χ1) is 12.4. The van der Waals surface area contributed by atoms with E-state index in [0.29, 0.717) is 45.8 Å². The van der Waals surface area contributed by atoms with E-state index in [-0.39, 0.29) is 24.0 Å². The molecule has 0 aliphatic carbocycles. The molecule has 2 amide bonds. The first kappa shape index (κ1) is 20.3. The van der Waals surface area contributed by atoms with Crippen molar-refractivity contribution in [3.05, 3.63) is 29.8 Å². The van der Waals surface area contributed by atoms with Gasteiger partial charge in [0.25, 0.3) is 0 Å². The number of nitrogens with zero attached hydrogens (tertiary/aromatic N) is 3. The van der Waals surface area contributed by atoms with Crippen molar-refractivity contribution in [3.8, 4) is 0 Å². The molecule has 26 heavy (non-hydrogen) atoms. The SMILES string of the molecule is CCN(CC)C(=O)CN1CCN(CC(=O)Nc2ccc(F)cc2F)CC1. The van der Waals surface area contributed by atoms with Gasteiger partial charge in [-0.25, -0.2) is 8.78 Å². The molecular weight excluding hydrogens is 342 g/mol. The molecule has 0 bridgehead atoms. The molecule has 1 aliphatic heterocycles. The van der Waals surface area contributed by atoms with Crippen LogP contribution in [0.4, 0.5) is 14.5 Å². The van der Waals surface area contributed by atoms with Gasteiger partial charge in [-0.2, -0.15) is 0 Å². The molecule has 144 valence electrons. The second-order valence-corrected chi connectivity index (χ2v) is 6.29. The molecule has 1 aromatic rings. The van der Waals surface area contributed by atoms with Crippen LogP contribution >= 0.6 is 0 Å². The fraction of sp³-hybridized carbons (Fsp3) is 0.556. The fourth-order valence-electron chi connectivity index (χ4n) is 2.96. The maximum Gasteiger partial charge on any atom is 0.238 e. The third-order valence-corrected chi connectivity index (χ3v) is 4.51. The van der Waals surface area contributed by atoms with Gasteiger partial charge in [0.15, 0.2) is 0 Å². The Morgan fingerprint density at radius 3 is 2.15 bits per heavy atom. The largest absolute Gasteiger partial charge is 0.342 e. The van der Waals surface area contributed by atoms with Crippen LogP contribution in [0.1, 0.15) is 13.8 Å². The van der Waals surface area contributed by atoms with Crippen LogP contribution in [-0.2, 0) is 9.59 Å². The number of amides is 2. The maximum absolute atomic E-state index is 13.6. The highest BCUT2D eigenvalue weighted by Crippen LogP contribution is 2.15. The van der Waals surface area contributed by atoms with Crippen molar-refractivity contribution in [3.63, 3.8) is 0 Å². The molecule has 6 nitrogen and oxygen atoms in total. The molecule has 1 fully saturated rings. The number of likely N-dealkylation sites (N-methyl/N-ethyl adjacent to an activating group) is 1. The minimum absolute atomic E-state index is 0.0279. The summed E-state index contributed by atoms with van der Waals surface area (Å²) in [6.45, 7) is 8.57. The van der Waals surface area contributed by atoms with E-state index >= 15 is 0 Å². The topological polar surface area (TPSA) is 55.9 Å². The number of hydrogen-bond donors (Lipinski definition) is 1. The standard InChI is InChI=1S/C18H26F2N4O2/c1-3-24(4-2)18(26)13-23-9-7-22(8-10-23)12-17(25)21-16-6-5-14(19)11-15(16)20/h5-6,11H,3-4,7-10,12-13H2,1-2H3,(H,21,25). The van der Waals surface area contributed by atoms with Crippen LogP contribution in [0.3, 0.4) is 0 Å². The molecular formula is C18H26F2N4O2. The third-order valence-electron chi connectivity index (χ3n) is 4.51. The van der Waals surface area contributed by atoms with E-state index in [0.717, 1.165) is 12.1 Å². The molecule has 1 saturated heterocycles. The number of anilines is 1. The first-order valence-electron chi connectivity index (χ1n) is 8.90. The normalized spacial score (nSPS) is 15.7. The number of carbonyl (C=O) groups is 2. The molecule has 0 spiro atoms. The van der Waals surface area contributed by atoms with Gasteiger partial charge in [-0.05, 0) is 26.0 Å². The van der Waals surface area contributed by atoms with Gasteiger partial charge in [0.2, 0.25) is 11.8 Å². The Kier molecular flexibility index (Phi) is 7.47. The molecule has 1 aromatic carbocycles. The number of nitrogens with one attached hydrogen (secondary N) is 1. The minimum Gasteiger partial charge on any atom is -0.342 e. The van der Waals surface area contributed by atoms with Crippen LogP contribution in [-0.4, -0.2) is 78.9 Å². The second kappa shape index (κ2) is 9.59. The summed E-state index contributed by atoms with van der Waals surface area (Å²) in [5.74, 6) is -1.70. The predicted octanol–water partition coefficient (Wildman–Crippen LogP) is 1.39. The van der Waals surface area contributed by atoms with Crippen molar-refractivity contribution in [1.29, 1.82) is 0 Å². The van der Waals surface area contributed by atoms with E-state index in [4.69, 9.17) is 0 Å². The molecule has 0 saturated carbocycles. The van der Waals surface area contributed by atoms with Crippen LogP contribution < -0.4 is 5.32 Å². The molecule has 1 N–H and O–H groups in total. The Morgan fingerprint density at radius 1 is 1.04 bits per heavy atom. The molecule has 8 heteroatoms. The van der Waals surface area contributed by atoms with Gasteiger partial charge in [-0.3, -0.25) is 19.4 Å². The Morgan fingerprint density at radius 2 is 1.62 bits per heavy atom. The highest BCUT2D eigenvalue weighted by atomic mass is 19.1. The number of halogens is 2. The summed E-state index contributed by atoms with van der Waals surface area (Å²) in [5, 5.41) is 2.46. The Labute approximate surface area is 152 Å². The van der Waals surface area contributed by atoms with Crippen LogP contribution in [0.25, 0.3) is 0 Å². The number of piperazine rings is 1. The van der Waals surface area contributed by atoms with Crippen molar-refractivity contribution < 1.29 is 18.4 Å². The van der Waals surface area contributed by atoms with Gasteiger partial charge in [-0.1, -0.05) is 0 Å². The molecule has 1 aliphatic rings. The van der Waals surface area contributed by atoms with E-state index in [1.807, 2.05) is 18.7 Å². The van der Waals surface area contributed by atoms with Crippen LogP contribution in [0, 0.1) is 11.6 Å². The van der Waals surface area contributed by atoms with Gasteiger partial charge in [-0.15, -0.1) is 0 Å². The average molecular weight is 368 g/mol. The van der Waals surface area contributed by atoms with E-state index in [9.17, 15) is 18.4 Å². The van der Waals surface area contributed by atoms with E-state index in [1.54, 1.807) is 4.90 Å². The first-order valence-corrected chi connectivity index (χ1v) is 8.90. The highest BCUT2D eigenvalue weighted by Gasteiger charge is 2.22. The van der Waals surface area contributed by atoms with Crippen molar-refractivity contribution in [2.75, 3.05) is 57.7 Å². The predicted molar refractivity (Wildman–Crippen MR) is 95.8 cm³/mol. The van der Waals surface area contributed by atoms with Crippen LogP contribution in [0.5, 0.6) is 0 Å². The number of benzene rings is 1. The molecule has 1 heterocycles. The van der Waals surface area contributed by atoms with Gasteiger partial charge in [0.05, 0.1) is 18.8 Å². The Hall–Kier alpha value is -2.06. The highest BCUT2D eigenvalue weighted by molar-refractivity contribution is 5.92. The summed E-state index contributed by atoms with van der Waals surface area (Å²) in [5.41, 5.74) is -0.0279.